The van der Waals surface area contributed by atoms with Crippen LogP contribution in [-0.2, 0) is 4.74 Å². The monoisotopic (exact) mass is 322 g/mol. The fourth-order valence-electron chi connectivity index (χ4n) is 3.26. The molecule has 0 bridgehead atoms. The Morgan fingerprint density at radius 1 is 1.32 bits per heavy atom. The second kappa shape index (κ2) is 6.99. The van der Waals surface area contributed by atoms with Crippen molar-refractivity contribution in [2.24, 2.45) is 5.92 Å². The fourth-order valence-corrected chi connectivity index (χ4v) is 3.49. The summed E-state index contributed by atoms with van der Waals surface area (Å²) in [6, 6.07) is 5.48. The Morgan fingerprint density at radius 2 is 2.09 bits per heavy atom. The van der Waals surface area contributed by atoms with Crippen LogP contribution in [0.2, 0.25) is 5.02 Å². The molecule has 1 amide bonds. The van der Waals surface area contributed by atoms with Gasteiger partial charge in [0, 0.05) is 49.9 Å². The average Bonchev–Trinajstić information content (AvgIpc) is 3.00. The number of amides is 1. The smallest absolute Gasteiger partial charge is 0.254 e. The molecular weight excluding hydrogens is 300 g/mol. The Hall–Kier alpha value is -1.10. The summed E-state index contributed by atoms with van der Waals surface area (Å²) in [6.07, 6.45) is 1.17. The molecule has 0 N–H and O–H groups in total. The molecule has 120 valence electrons. The van der Waals surface area contributed by atoms with Crippen LogP contribution >= 0.6 is 11.6 Å². The number of carbonyl (C=O) groups is 1. The van der Waals surface area contributed by atoms with Gasteiger partial charge in [-0.15, -0.1) is 0 Å². The molecule has 4 nitrogen and oxygen atoms in total. The normalized spacial score (nSPS) is 23.0. The van der Waals surface area contributed by atoms with Gasteiger partial charge < -0.3 is 9.64 Å². The average molecular weight is 323 g/mol. The summed E-state index contributed by atoms with van der Waals surface area (Å²) in [7, 11) is 0. The lowest BCUT2D eigenvalue weighted by molar-refractivity contribution is 0.0610. The minimum Gasteiger partial charge on any atom is -0.381 e. The first-order valence-electron chi connectivity index (χ1n) is 7.99. The van der Waals surface area contributed by atoms with Crippen molar-refractivity contribution in [3.63, 3.8) is 0 Å². The molecule has 2 aliphatic rings. The van der Waals surface area contributed by atoms with E-state index in [0.29, 0.717) is 10.9 Å². The van der Waals surface area contributed by atoms with Crippen LogP contribution in [0.4, 0.5) is 0 Å². The Labute approximate surface area is 137 Å². The topological polar surface area (TPSA) is 32.8 Å². The number of halogens is 1. The Morgan fingerprint density at radius 3 is 2.73 bits per heavy atom. The van der Waals surface area contributed by atoms with E-state index in [-0.39, 0.29) is 5.91 Å². The van der Waals surface area contributed by atoms with Gasteiger partial charge in [-0.05, 0) is 43.0 Å². The predicted molar refractivity (Wildman–Crippen MR) is 87.5 cm³/mol. The lowest BCUT2D eigenvalue weighted by Gasteiger charge is -2.36. The summed E-state index contributed by atoms with van der Waals surface area (Å²) in [4.78, 5) is 17.0. The lowest BCUT2D eigenvalue weighted by Crippen LogP contribution is -2.49. The Balaban J connectivity index is 1.55. The lowest BCUT2D eigenvalue weighted by atomic mass is 10.1. The van der Waals surface area contributed by atoms with Gasteiger partial charge in [0.25, 0.3) is 5.91 Å². The number of carbonyl (C=O) groups excluding carboxylic acids is 1. The summed E-state index contributed by atoms with van der Waals surface area (Å²) in [6.45, 7) is 8.34. The molecule has 0 spiro atoms. The van der Waals surface area contributed by atoms with E-state index < -0.39 is 0 Å². The first-order valence-corrected chi connectivity index (χ1v) is 8.37. The van der Waals surface area contributed by atoms with Crippen molar-refractivity contribution in [1.82, 2.24) is 9.80 Å². The molecule has 0 saturated carbocycles. The van der Waals surface area contributed by atoms with Gasteiger partial charge >= 0.3 is 0 Å². The van der Waals surface area contributed by atoms with Gasteiger partial charge in [0.1, 0.15) is 0 Å². The van der Waals surface area contributed by atoms with Crippen LogP contribution < -0.4 is 0 Å². The summed E-state index contributed by atoms with van der Waals surface area (Å²) < 4.78 is 5.44. The Bertz CT molecular complexity index is 535. The predicted octanol–water partition coefficient (Wildman–Crippen LogP) is 2.44. The van der Waals surface area contributed by atoms with Crippen molar-refractivity contribution >= 4 is 17.5 Å². The third-order valence-corrected chi connectivity index (χ3v) is 4.85. The van der Waals surface area contributed by atoms with Crippen molar-refractivity contribution < 1.29 is 9.53 Å². The molecule has 2 heterocycles. The van der Waals surface area contributed by atoms with Crippen LogP contribution in [0.5, 0.6) is 0 Å². The van der Waals surface area contributed by atoms with Crippen molar-refractivity contribution in [3.05, 3.63) is 34.3 Å². The van der Waals surface area contributed by atoms with Crippen LogP contribution in [0, 0.1) is 12.8 Å². The molecule has 0 unspecified atom stereocenters. The summed E-state index contributed by atoms with van der Waals surface area (Å²) >= 11 is 5.97. The highest BCUT2D eigenvalue weighted by Gasteiger charge is 2.25. The van der Waals surface area contributed by atoms with E-state index in [4.69, 9.17) is 16.3 Å². The molecular formula is C17H23ClN2O2. The van der Waals surface area contributed by atoms with Crippen LogP contribution in [0.3, 0.4) is 0 Å². The van der Waals surface area contributed by atoms with Gasteiger partial charge in [-0.3, -0.25) is 9.69 Å². The molecule has 3 rings (SSSR count). The second-order valence-corrected chi connectivity index (χ2v) is 6.72. The molecule has 5 heteroatoms. The van der Waals surface area contributed by atoms with Gasteiger partial charge in [0.2, 0.25) is 0 Å². The highest BCUT2D eigenvalue weighted by molar-refractivity contribution is 6.30. The van der Waals surface area contributed by atoms with E-state index in [1.54, 1.807) is 6.07 Å². The first kappa shape index (κ1) is 15.8. The summed E-state index contributed by atoms with van der Waals surface area (Å²) in [5, 5.41) is 0.678. The number of rotatable bonds is 3. The molecule has 22 heavy (non-hydrogen) atoms. The van der Waals surface area contributed by atoms with E-state index in [0.717, 1.165) is 57.1 Å². The maximum absolute atomic E-state index is 12.6. The van der Waals surface area contributed by atoms with Crippen molar-refractivity contribution in [2.75, 3.05) is 45.9 Å². The van der Waals surface area contributed by atoms with Crippen LogP contribution in [0.25, 0.3) is 0 Å². The van der Waals surface area contributed by atoms with E-state index in [1.807, 2.05) is 24.0 Å². The standard InChI is InChI=1S/C17H23ClN2O2/c1-13-10-15(18)2-3-16(13)17(21)20-7-5-19(6-8-20)11-14-4-9-22-12-14/h2-3,10,14H,4-9,11-12H2,1H3/t14-/m0/s1. The SMILES string of the molecule is Cc1cc(Cl)ccc1C(=O)N1CCN(C[C@@H]2CCOC2)CC1. The third-order valence-electron chi connectivity index (χ3n) is 4.62. The number of nitrogens with zero attached hydrogens (tertiary/aromatic N) is 2. The molecule has 2 fully saturated rings. The zero-order chi connectivity index (χ0) is 15.5. The molecule has 1 atom stereocenters. The minimum absolute atomic E-state index is 0.123. The van der Waals surface area contributed by atoms with Gasteiger partial charge in [0.05, 0.1) is 6.61 Å². The van der Waals surface area contributed by atoms with Crippen molar-refractivity contribution in [3.8, 4) is 0 Å². The maximum Gasteiger partial charge on any atom is 0.254 e. The number of hydrogen-bond acceptors (Lipinski definition) is 3. The van der Waals surface area contributed by atoms with Gasteiger partial charge in [-0.2, -0.15) is 0 Å². The summed E-state index contributed by atoms with van der Waals surface area (Å²) in [5.74, 6) is 0.791. The van der Waals surface area contributed by atoms with E-state index in [9.17, 15) is 4.79 Å². The van der Waals surface area contributed by atoms with Crippen molar-refractivity contribution in [1.29, 1.82) is 0 Å². The van der Waals surface area contributed by atoms with Crippen LogP contribution in [-0.4, -0.2) is 61.6 Å². The van der Waals surface area contributed by atoms with Crippen LogP contribution in [0.15, 0.2) is 18.2 Å². The minimum atomic E-state index is 0.123. The second-order valence-electron chi connectivity index (χ2n) is 6.28. The fraction of sp³-hybridized carbons (Fsp3) is 0.588. The number of aryl methyl sites for hydroxylation is 1. The number of piperazine rings is 1. The van der Waals surface area contributed by atoms with Crippen molar-refractivity contribution in [2.45, 2.75) is 13.3 Å². The number of ether oxygens (including phenoxy) is 1. The van der Waals surface area contributed by atoms with Gasteiger partial charge in [-0.1, -0.05) is 11.6 Å². The number of benzene rings is 1. The summed E-state index contributed by atoms with van der Waals surface area (Å²) in [5.41, 5.74) is 1.71. The van der Waals surface area contributed by atoms with Gasteiger partial charge in [-0.25, -0.2) is 0 Å². The molecule has 0 radical (unpaired) electrons. The third kappa shape index (κ3) is 3.62. The van der Waals surface area contributed by atoms with Crippen LogP contribution in [0.1, 0.15) is 22.3 Å². The van der Waals surface area contributed by atoms with E-state index >= 15 is 0 Å². The zero-order valence-electron chi connectivity index (χ0n) is 13.1. The quantitative estimate of drug-likeness (QED) is 0.857. The maximum atomic E-state index is 12.6. The highest BCUT2D eigenvalue weighted by Crippen LogP contribution is 2.19. The Kier molecular flexibility index (Phi) is 5.01. The molecule has 0 aliphatic carbocycles. The van der Waals surface area contributed by atoms with Gasteiger partial charge in [0.15, 0.2) is 0 Å². The van der Waals surface area contributed by atoms with E-state index in [2.05, 4.69) is 4.90 Å². The number of hydrogen-bond donors (Lipinski definition) is 0. The molecule has 2 aliphatic heterocycles. The molecule has 2 saturated heterocycles. The molecule has 1 aromatic carbocycles. The highest BCUT2D eigenvalue weighted by atomic mass is 35.5. The molecule has 1 aromatic rings. The first-order chi connectivity index (χ1) is 10.6. The molecule has 0 aromatic heterocycles. The zero-order valence-corrected chi connectivity index (χ0v) is 13.8. The largest absolute Gasteiger partial charge is 0.381 e. The van der Waals surface area contributed by atoms with E-state index in [1.165, 1.54) is 6.42 Å².